The molecule has 0 saturated heterocycles. The molecule has 1 rings (SSSR count). The van der Waals surface area contributed by atoms with Crippen LogP contribution in [0.25, 0.3) is 0 Å². The number of H-pyrrole nitrogens is 1. The summed E-state index contributed by atoms with van der Waals surface area (Å²) < 4.78 is 30.9. The van der Waals surface area contributed by atoms with Crippen LogP contribution in [-0.4, -0.2) is 49.7 Å². The monoisotopic (exact) mass is 295 g/mol. The lowest BCUT2D eigenvalue weighted by Gasteiger charge is -2.22. The summed E-state index contributed by atoms with van der Waals surface area (Å²) in [5.74, 6) is 0.101. The van der Waals surface area contributed by atoms with E-state index in [9.17, 15) is 8.42 Å². The van der Waals surface area contributed by atoms with Crippen LogP contribution >= 0.6 is 11.6 Å². The zero-order valence-corrected chi connectivity index (χ0v) is 12.5. The standard InChI is InChI=1S/C10H18ClN3O3S/c1-7(6-17-4)14(3)18(15,16)10-9(5-11)8(2)12-13-10/h7H,5-6H2,1-4H3,(H,12,13). The van der Waals surface area contributed by atoms with Crippen molar-refractivity contribution in [1.29, 1.82) is 0 Å². The van der Waals surface area contributed by atoms with Gasteiger partial charge in [0, 0.05) is 31.5 Å². The smallest absolute Gasteiger partial charge is 0.262 e. The first-order valence-corrected chi connectivity index (χ1v) is 7.40. The Morgan fingerprint density at radius 1 is 1.56 bits per heavy atom. The Labute approximate surface area is 112 Å². The Morgan fingerprint density at radius 2 is 2.17 bits per heavy atom. The van der Waals surface area contributed by atoms with E-state index in [2.05, 4.69) is 10.2 Å². The molecule has 0 aliphatic rings. The number of aromatic amines is 1. The van der Waals surface area contributed by atoms with Gasteiger partial charge in [-0.15, -0.1) is 11.6 Å². The Hall–Kier alpha value is -0.630. The molecule has 1 N–H and O–H groups in total. The lowest BCUT2D eigenvalue weighted by Crippen LogP contribution is -2.38. The van der Waals surface area contributed by atoms with Gasteiger partial charge in [-0.05, 0) is 13.8 Å². The second kappa shape index (κ2) is 6.01. The number of ether oxygens (including phenoxy) is 1. The molecule has 0 aliphatic heterocycles. The van der Waals surface area contributed by atoms with Crippen molar-refractivity contribution in [2.24, 2.45) is 0 Å². The summed E-state index contributed by atoms with van der Waals surface area (Å²) in [5, 5.41) is 6.48. The fraction of sp³-hybridized carbons (Fsp3) is 0.700. The fourth-order valence-electron chi connectivity index (χ4n) is 1.52. The fourth-order valence-corrected chi connectivity index (χ4v) is 3.43. The third-order valence-electron chi connectivity index (χ3n) is 2.82. The third kappa shape index (κ3) is 2.85. The summed E-state index contributed by atoms with van der Waals surface area (Å²) in [6.07, 6.45) is 0. The quantitative estimate of drug-likeness (QED) is 0.798. The molecule has 1 unspecified atom stereocenters. The van der Waals surface area contributed by atoms with E-state index in [0.717, 1.165) is 0 Å². The van der Waals surface area contributed by atoms with Crippen molar-refractivity contribution < 1.29 is 13.2 Å². The number of methoxy groups -OCH3 is 1. The molecule has 104 valence electrons. The van der Waals surface area contributed by atoms with E-state index < -0.39 is 10.0 Å². The third-order valence-corrected chi connectivity index (χ3v) is 5.03. The van der Waals surface area contributed by atoms with Crippen molar-refractivity contribution in [3.63, 3.8) is 0 Å². The Balaban J connectivity index is 3.13. The summed E-state index contributed by atoms with van der Waals surface area (Å²) in [6.45, 7) is 3.82. The van der Waals surface area contributed by atoms with Crippen LogP contribution in [0.15, 0.2) is 5.03 Å². The van der Waals surface area contributed by atoms with Crippen molar-refractivity contribution in [3.8, 4) is 0 Å². The average molecular weight is 296 g/mol. The zero-order chi connectivity index (χ0) is 13.9. The molecule has 1 aromatic heterocycles. The maximum atomic E-state index is 12.4. The van der Waals surface area contributed by atoms with Crippen LogP contribution in [0.3, 0.4) is 0 Å². The minimum Gasteiger partial charge on any atom is -0.383 e. The summed E-state index contributed by atoms with van der Waals surface area (Å²) in [7, 11) is -0.627. The molecule has 0 saturated carbocycles. The van der Waals surface area contributed by atoms with Gasteiger partial charge in [0.05, 0.1) is 12.5 Å². The van der Waals surface area contributed by atoms with Crippen LogP contribution in [0.1, 0.15) is 18.2 Å². The van der Waals surface area contributed by atoms with Crippen molar-refractivity contribution in [3.05, 3.63) is 11.3 Å². The first kappa shape index (κ1) is 15.4. The largest absolute Gasteiger partial charge is 0.383 e. The average Bonchev–Trinajstić information content (AvgIpc) is 2.70. The van der Waals surface area contributed by atoms with Gasteiger partial charge in [0.25, 0.3) is 10.0 Å². The van der Waals surface area contributed by atoms with E-state index in [4.69, 9.17) is 16.3 Å². The number of rotatable bonds is 6. The Kier molecular flexibility index (Phi) is 5.15. The number of hydrogen-bond acceptors (Lipinski definition) is 4. The van der Waals surface area contributed by atoms with Gasteiger partial charge >= 0.3 is 0 Å². The first-order chi connectivity index (χ1) is 8.36. The predicted octanol–water partition coefficient (Wildman–Crippen LogP) is 1.11. The van der Waals surface area contributed by atoms with Gasteiger partial charge in [0.1, 0.15) is 0 Å². The minimum absolute atomic E-state index is 0.0135. The second-order valence-electron chi connectivity index (χ2n) is 4.09. The van der Waals surface area contributed by atoms with Crippen molar-refractivity contribution in [1.82, 2.24) is 14.5 Å². The molecule has 0 fully saturated rings. The second-order valence-corrected chi connectivity index (χ2v) is 6.27. The normalized spacial score (nSPS) is 14.1. The minimum atomic E-state index is -3.66. The summed E-state index contributed by atoms with van der Waals surface area (Å²) in [4.78, 5) is 0. The highest BCUT2D eigenvalue weighted by Crippen LogP contribution is 2.22. The molecule has 6 nitrogen and oxygen atoms in total. The maximum absolute atomic E-state index is 12.4. The highest BCUT2D eigenvalue weighted by Gasteiger charge is 2.30. The number of aryl methyl sites for hydroxylation is 1. The SMILES string of the molecule is COCC(C)N(C)S(=O)(=O)c1n[nH]c(C)c1CCl. The van der Waals surface area contributed by atoms with E-state index in [1.165, 1.54) is 18.5 Å². The molecule has 18 heavy (non-hydrogen) atoms. The van der Waals surface area contributed by atoms with Gasteiger partial charge in [-0.1, -0.05) is 0 Å². The Morgan fingerprint density at radius 3 is 2.67 bits per heavy atom. The number of aromatic nitrogens is 2. The van der Waals surface area contributed by atoms with Crippen LogP contribution in [0.2, 0.25) is 0 Å². The Bertz CT molecular complexity index is 500. The number of hydrogen-bond donors (Lipinski definition) is 1. The van der Waals surface area contributed by atoms with Crippen LogP contribution < -0.4 is 0 Å². The summed E-state index contributed by atoms with van der Waals surface area (Å²) in [6, 6.07) is -0.278. The van der Waals surface area contributed by atoms with Gasteiger partial charge in [0.15, 0.2) is 5.03 Å². The van der Waals surface area contributed by atoms with Gasteiger partial charge in [-0.2, -0.15) is 9.40 Å². The number of nitrogens with one attached hydrogen (secondary N) is 1. The molecule has 8 heteroatoms. The van der Waals surface area contributed by atoms with Gasteiger partial charge in [-0.3, -0.25) is 5.10 Å². The highest BCUT2D eigenvalue weighted by atomic mass is 35.5. The van der Waals surface area contributed by atoms with E-state index in [0.29, 0.717) is 17.9 Å². The van der Waals surface area contributed by atoms with Gasteiger partial charge in [0.2, 0.25) is 0 Å². The van der Waals surface area contributed by atoms with Crippen molar-refractivity contribution >= 4 is 21.6 Å². The summed E-state index contributed by atoms with van der Waals surface area (Å²) >= 11 is 5.76. The molecular formula is C10H18ClN3O3S. The van der Waals surface area contributed by atoms with E-state index in [1.807, 2.05) is 0 Å². The van der Waals surface area contributed by atoms with E-state index in [-0.39, 0.29) is 16.9 Å². The lowest BCUT2D eigenvalue weighted by atomic mass is 10.3. The number of halogens is 1. The number of alkyl halides is 1. The van der Waals surface area contributed by atoms with Gasteiger partial charge in [-0.25, -0.2) is 8.42 Å². The molecule has 0 amide bonds. The van der Waals surface area contributed by atoms with E-state index in [1.54, 1.807) is 13.8 Å². The predicted molar refractivity (Wildman–Crippen MR) is 69.2 cm³/mol. The highest BCUT2D eigenvalue weighted by molar-refractivity contribution is 7.89. The molecule has 1 aromatic rings. The molecule has 0 spiro atoms. The number of likely N-dealkylation sites (N-methyl/N-ethyl adjacent to an activating group) is 1. The molecule has 1 heterocycles. The molecule has 1 atom stereocenters. The zero-order valence-electron chi connectivity index (χ0n) is 10.9. The van der Waals surface area contributed by atoms with Crippen LogP contribution in [0.5, 0.6) is 0 Å². The molecule has 0 radical (unpaired) electrons. The van der Waals surface area contributed by atoms with Crippen LogP contribution in [-0.2, 0) is 20.6 Å². The van der Waals surface area contributed by atoms with E-state index >= 15 is 0 Å². The molecule has 0 aliphatic carbocycles. The lowest BCUT2D eigenvalue weighted by molar-refractivity contribution is 0.149. The molecule has 0 bridgehead atoms. The maximum Gasteiger partial charge on any atom is 0.262 e. The topological polar surface area (TPSA) is 75.3 Å². The van der Waals surface area contributed by atoms with Crippen molar-refractivity contribution in [2.45, 2.75) is 30.8 Å². The van der Waals surface area contributed by atoms with Gasteiger partial charge < -0.3 is 4.74 Å². The number of sulfonamides is 1. The molecule has 0 aromatic carbocycles. The van der Waals surface area contributed by atoms with Crippen molar-refractivity contribution in [2.75, 3.05) is 20.8 Å². The van der Waals surface area contributed by atoms with Crippen LogP contribution in [0, 0.1) is 6.92 Å². The number of nitrogens with zero attached hydrogens (tertiary/aromatic N) is 2. The first-order valence-electron chi connectivity index (χ1n) is 5.43. The summed E-state index contributed by atoms with van der Waals surface area (Å²) in [5.41, 5.74) is 1.17. The van der Waals surface area contributed by atoms with Crippen LogP contribution in [0.4, 0.5) is 0 Å². The molecular weight excluding hydrogens is 278 g/mol.